The van der Waals surface area contributed by atoms with E-state index in [1.165, 1.54) is 23.5 Å². The van der Waals surface area contributed by atoms with Crippen molar-refractivity contribution >= 4 is 50.1 Å². The number of thiazole rings is 1. The molecule has 0 aliphatic rings. The summed E-state index contributed by atoms with van der Waals surface area (Å²) in [5, 5.41) is 18.7. The standard InChI is InChI=1S/C21H18BrN5O2S/c1-13(2)25-21-26(20(12-30-21)14-3-6-17(7-4-14)27(28)29)24-11-15-10-23-19-8-5-16(22)9-18(15)19/h3-13,23H,1-2H3. The Kier molecular flexibility index (Phi) is 5.65. The highest BCUT2D eigenvalue weighted by Gasteiger charge is 2.11. The van der Waals surface area contributed by atoms with Gasteiger partial charge in [0.1, 0.15) is 0 Å². The summed E-state index contributed by atoms with van der Waals surface area (Å²) in [5.41, 5.74) is 3.70. The van der Waals surface area contributed by atoms with E-state index in [9.17, 15) is 10.1 Å². The number of nitro groups is 1. The summed E-state index contributed by atoms with van der Waals surface area (Å²) in [4.78, 5) is 19.2. The lowest BCUT2D eigenvalue weighted by molar-refractivity contribution is -0.384. The SMILES string of the molecule is CC(C)N=c1scc(-c2ccc([N+](=O)[O-])cc2)n1N=Cc1c[nH]c2ccc(Br)cc12. The second-order valence-electron chi connectivity index (χ2n) is 6.92. The van der Waals surface area contributed by atoms with Gasteiger partial charge < -0.3 is 4.98 Å². The van der Waals surface area contributed by atoms with Crippen LogP contribution in [-0.2, 0) is 0 Å². The van der Waals surface area contributed by atoms with Crippen molar-refractivity contribution in [2.45, 2.75) is 19.9 Å². The first-order valence-corrected chi connectivity index (χ1v) is 10.9. The first-order valence-electron chi connectivity index (χ1n) is 9.22. The van der Waals surface area contributed by atoms with Gasteiger partial charge >= 0.3 is 0 Å². The van der Waals surface area contributed by atoms with Gasteiger partial charge in [-0.1, -0.05) is 15.9 Å². The summed E-state index contributed by atoms with van der Waals surface area (Å²) in [5.74, 6) is 0. The van der Waals surface area contributed by atoms with Gasteiger partial charge in [-0.25, -0.2) is 4.68 Å². The Labute approximate surface area is 184 Å². The van der Waals surface area contributed by atoms with Crippen LogP contribution >= 0.6 is 27.3 Å². The van der Waals surface area contributed by atoms with E-state index in [1.807, 2.05) is 43.6 Å². The van der Waals surface area contributed by atoms with Crippen LogP contribution in [0.4, 0.5) is 5.69 Å². The molecule has 0 fully saturated rings. The number of benzene rings is 2. The molecule has 2 aromatic heterocycles. The zero-order valence-electron chi connectivity index (χ0n) is 16.2. The first kappa shape index (κ1) is 20.2. The third-order valence-electron chi connectivity index (χ3n) is 4.42. The van der Waals surface area contributed by atoms with E-state index < -0.39 is 4.92 Å². The molecule has 0 spiro atoms. The summed E-state index contributed by atoms with van der Waals surface area (Å²) in [6, 6.07) is 12.6. The van der Waals surface area contributed by atoms with Crippen LogP contribution in [0.5, 0.6) is 0 Å². The Hall–Kier alpha value is -3.04. The number of H-pyrrole nitrogens is 1. The molecule has 0 radical (unpaired) electrons. The topological polar surface area (TPSA) is 88.6 Å². The maximum absolute atomic E-state index is 11.0. The molecular formula is C21H18BrN5O2S. The fourth-order valence-electron chi connectivity index (χ4n) is 3.01. The van der Waals surface area contributed by atoms with Gasteiger partial charge in [0, 0.05) is 56.3 Å². The molecule has 152 valence electrons. The molecule has 0 atom stereocenters. The molecule has 30 heavy (non-hydrogen) atoms. The van der Waals surface area contributed by atoms with E-state index in [0.717, 1.165) is 37.0 Å². The quantitative estimate of drug-likeness (QED) is 0.228. The summed E-state index contributed by atoms with van der Waals surface area (Å²) < 4.78 is 2.78. The minimum absolute atomic E-state index is 0.0560. The minimum atomic E-state index is -0.404. The normalized spacial score (nSPS) is 12.5. The van der Waals surface area contributed by atoms with Crippen molar-refractivity contribution in [1.82, 2.24) is 9.66 Å². The van der Waals surface area contributed by atoms with Crippen LogP contribution in [0.1, 0.15) is 19.4 Å². The molecule has 2 heterocycles. The number of aromatic amines is 1. The van der Waals surface area contributed by atoms with Gasteiger partial charge in [0.25, 0.3) is 5.69 Å². The zero-order chi connectivity index (χ0) is 21.3. The number of hydrogen-bond donors (Lipinski definition) is 1. The highest BCUT2D eigenvalue weighted by molar-refractivity contribution is 9.10. The number of non-ortho nitro benzene ring substituents is 1. The van der Waals surface area contributed by atoms with Crippen molar-refractivity contribution in [2.75, 3.05) is 0 Å². The zero-order valence-corrected chi connectivity index (χ0v) is 18.6. The van der Waals surface area contributed by atoms with Gasteiger partial charge in [-0.05, 0) is 44.2 Å². The maximum Gasteiger partial charge on any atom is 0.269 e. The number of nitro benzene ring substituents is 1. The van der Waals surface area contributed by atoms with E-state index in [1.54, 1.807) is 23.0 Å². The average molecular weight is 484 g/mol. The number of nitrogens with one attached hydrogen (secondary N) is 1. The third-order valence-corrected chi connectivity index (χ3v) is 5.74. The predicted molar refractivity (Wildman–Crippen MR) is 124 cm³/mol. The van der Waals surface area contributed by atoms with E-state index in [4.69, 9.17) is 5.10 Å². The Bertz CT molecular complexity index is 1320. The Morgan fingerprint density at radius 1 is 1.23 bits per heavy atom. The average Bonchev–Trinajstić information content (AvgIpc) is 3.29. The lowest BCUT2D eigenvalue weighted by Gasteiger charge is -2.04. The highest BCUT2D eigenvalue weighted by Crippen LogP contribution is 2.24. The summed E-state index contributed by atoms with van der Waals surface area (Å²) >= 11 is 5.00. The molecule has 0 saturated carbocycles. The summed E-state index contributed by atoms with van der Waals surface area (Å²) in [6.45, 7) is 4.02. The lowest BCUT2D eigenvalue weighted by atomic mass is 10.1. The van der Waals surface area contributed by atoms with Crippen molar-refractivity contribution in [3.8, 4) is 11.3 Å². The Morgan fingerprint density at radius 3 is 2.70 bits per heavy atom. The smallest absolute Gasteiger partial charge is 0.269 e. The fourth-order valence-corrected chi connectivity index (χ4v) is 4.35. The molecule has 4 aromatic rings. The van der Waals surface area contributed by atoms with E-state index in [0.29, 0.717) is 0 Å². The molecular weight excluding hydrogens is 466 g/mol. The van der Waals surface area contributed by atoms with Gasteiger partial charge in [-0.15, -0.1) is 11.3 Å². The van der Waals surface area contributed by atoms with Crippen molar-refractivity contribution in [3.63, 3.8) is 0 Å². The molecule has 0 saturated heterocycles. The monoisotopic (exact) mass is 483 g/mol. The second-order valence-corrected chi connectivity index (χ2v) is 8.67. The molecule has 0 amide bonds. The molecule has 0 aliphatic carbocycles. The highest BCUT2D eigenvalue weighted by atomic mass is 79.9. The minimum Gasteiger partial charge on any atom is -0.361 e. The molecule has 7 nitrogen and oxygen atoms in total. The molecule has 2 aromatic carbocycles. The van der Waals surface area contributed by atoms with Crippen LogP contribution in [0, 0.1) is 10.1 Å². The van der Waals surface area contributed by atoms with Gasteiger partial charge in [0.15, 0.2) is 0 Å². The van der Waals surface area contributed by atoms with Gasteiger partial charge in [0.05, 0.1) is 16.8 Å². The Morgan fingerprint density at radius 2 is 2.00 bits per heavy atom. The van der Waals surface area contributed by atoms with Crippen LogP contribution in [0.2, 0.25) is 0 Å². The van der Waals surface area contributed by atoms with Gasteiger partial charge in [0.2, 0.25) is 4.80 Å². The fraction of sp³-hybridized carbons (Fsp3) is 0.143. The first-order chi connectivity index (χ1) is 14.4. The van der Waals surface area contributed by atoms with Crippen LogP contribution in [0.15, 0.2) is 68.6 Å². The van der Waals surface area contributed by atoms with E-state index in [2.05, 4.69) is 25.9 Å². The van der Waals surface area contributed by atoms with Gasteiger partial charge in [-0.2, -0.15) is 5.10 Å². The Balaban J connectivity index is 1.81. The number of hydrogen-bond acceptors (Lipinski definition) is 5. The van der Waals surface area contributed by atoms with Gasteiger partial charge in [-0.3, -0.25) is 15.1 Å². The molecule has 9 heteroatoms. The molecule has 0 bridgehead atoms. The second kappa shape index (κ2) is 8.37. The number of aromatic nitrogens is 2. The lowest BCUT2D eigenvalue weighted by Crippen LogP contribution is -2.14. The summed E-state index contributed by atoms with van der Waals surface area (Å²) in [7, 11) is 0. The number of halogens is 1. The van der Waals surface area contributed by atoms with Crippen LogP contribution in [-0.4, -0.2) is 26.8 Å². The van der Waals surface area contributed by atoms with Crippen LogP contribution in [0.3, 0.4) is 0 Å². The molecule has 0 unspecified atom stereocenters. The van der Waals surface area contributed by atoms with Crippen molar-refractivity contribution in [3.05, 3.63) is 79.0 Å². The molecule has 4 rings (SSSR count). The number of fused-ring (bicyclic) bond motifs is 1. The van der Waals surface area contributed by atoms with Crippen molar-refractivity contribution in [2.24, 2.45) is 10.1 Å². The van der Waals surface area contributed by atoms with E-state index >= 15 is 0 Å². The molecule has 1 N–H and O–H groups in total. The predicted octanol–water partition coefficient (Wildman–Crippen LogP) is 5.56. The number of rotatable bonds is 5. The van der Waals surface area contributed by atoms with E-state index in [-0.39, 0.29) is 11.7 Å². The van der Waals surface area contributed by atoms with Crippen molar-refractivity contribution < 1.29 is 4.92 Å². The number of nitrogens with zero attached hydrogens (tertiary/aromatic N) is 4. The van der Waals surface area contributed by atoms with Crippen LogP contribution in [0.25, 0.3) is 22.2 Å². The molecule has 0 aliphatic heterocycles. The van der Waals surface area contributed by atoms with Crippen molar-refractivity contribution in [1.29, 1.82) is 0 Å². The maximum atomic E-state index is 11.0. The summed E-state index contributed by atoms with van der Waals surface area (Å²) in [6.07, 6.45) is 3.71. The largest absolute Gasteiger partial charge is 0.361 e. The third kappa shape index (κ3) is 4.12. The van der Waals surface area contributed by atoms with Crippen LogP contribution < -0.4 is 4.80 Å².